The van der Waals surface area contributed by atoms with Crippen LogP contribution in [0.5, 0.6) is 0 Å². The summed E-state index contributed by atoms with van der Waals surface area (Å²) >= 11 is 0. The maximum atomic E-state index is 10.9. The van der Waals surface area contributed by atoms with E-state index < -0.39 is 0 Å². The summed E-state index contributed by atoms with van der Waals surface area (Å²) in [5, 5.41) is 0. The van der Waals surface area contributed by atoms with E-state index in [2.05, 4.69) is 11.0 Å². The Morgan fingerprint density at radius 1 is 1.45 bits per heavy atom. The van der Waals surface area contributed by atoms with Crippen molar-refractivity contribution < 1.29 is 4.79 Å². The van der Waals surface area contributed by atoms with Gasteiger partial charge in [0.15, 0.2) is 5.78 Å². The van der Waals surface area contributed by atoms with Gasteiger partial charge in [0.05, 0.1) is 6.42 Å². The summed E-state index contributed by atoms with van der Waals surface area (Å²) in [6, 6.07) is 0. The van der Waals surface area contributed by atoms with E-state index in [0.717, 1.165) is 12.2 Å². The first-order valence-corrected chi connectivity index (χ1v) is 3.69. The van der Waals surface area contributed by atoms with Gasteiger partial charge in [-0.25, -0.2) is 0 Å². The maximum absolute atomic E-state index is 10.9. The van der Waals surface area contributed by atoms with E-state index in [1.54, 1.807) is 6.08 Å². The molecule has 2 aliphatic heterocycles. The second-order valence-corrected chi connectivity index (χ2v) is 2.70. The molecule has 0 aliphatic carbocycles. The minimum Gasteiger partial charge on any atom is -0.347 e. The lowest BCUT2D eigenvalue weighted by molar-refractivity contribution is -0.114. The number of hydrogen-bond acceptors (Lipinski definition) is 2. The number of carbonyl (C=O) groups is 1. The standard InChI is InChI=1S/C9H9NO/c11-9-4-6-10-5-2-1-3-8(10)7-9/h1-4,6H,5,7H2. The molecule has 0 aromatic carbocycles. The molecule has 0 N–H and O–H groups in total. The molecule has 0 atom stereocenters. The Morgan fingerprint density at radius 3 is 3.27 bits per heavy atom. The summed E-state index contributed by atoms with van der Waals surface area (Å²) in [7, 11) is 0. The molecule has 0 saturated heterocycles. The fraction of sp³-hybridized carbons (Fsp3) is 0.222. The van der Waals surface area contributed by atoms with Gasteiger partial charge in [-0.1, -0.05) is 12.2 Å². The third-order valence-corrected chi connectivity index (χ3v) is 1.89. The number of fused-ring (bicyclic) bond motifs is 1. The normalized spacial score (nSPS) is 21.6. The quantitative estimate of drug-likeness (QED) is 0.513. The smallest absolute Gasteiger partial charge is 0.163 e. The van der Waals surface area contributed by atoms with Crippen LogP contribution in [0.3, 0.4) is 0 Å². The molecule has 0 saturated carbocycles. The van der Waals surface area contributed by atoms with Gasteiger partial charge in [0.25, 0.3) is 0 Å². The summed E-state index contributed by atoms with van der Waals surface area (Å²) in [6.07, 6.45) is 10.1. The molecule has 2 heterocycles. The van der Waals surface area contributed by atoms with Crippen molar-refractivity contribution in [1.82, 2.24) is 4.90 Å². The Bertz CT molecular complexity index is 273. The van der Waals surface area contributed by atoms with Crippen LogP contribution in [-0.2, 0) is 4.79 Å². The lowest BCUT2D eigenvalue weighted by Gasteiger charge is -2.26. The van der Waals surface area contributed by atoms with Crippen LogP contribution in [0.25, 0.3) is 0 Å². The fourth-order valence-corrected chi connectivity index (χ4v) is 1.29. The van der Waals surface area contributed by atoms with Crippen molar-refractivity contribution in [2.24, 2.45) is 0 Å². The molecule has 0 radical (unpaired) electrons. The van der Waals surface area contributed by atoms with Gasteiger partial charge in [-0.05, 0) is 12.2 Å². The molecule has 0 spiro atoms. The highest BCUT2D eigenvalue weighted by Crippen LogP contribution is 2.18. The molecule has 2 nitrogen and oxygen atoms in total. The van der Waals surface area contributed by atoms with E-state index >= 15 is 0 Å². The molecule has 11 heavy (non-hydrogen) atoms. The first kappa shape index (κ1) is 6.40. The van der Waals surface area contributed by atoms with Gasteiger partial charge in [-0.15, -0.1) is 0 Å². The van der Waals surface area contributed by atoms with Gasteiger partial charge in [-0.3, -0.25) is 4.79 Å². The van der Waals surface area contributed by atoms with Crippen LogP contribution >= 0.6 is 0 Å². The van der Waals surface area contributed by atoms with E-state index in [0.29, 0.717) is 6.42 Å². The van der Waals surface area contributed by atoms with Crippen molar-refractivity contribution in [2.45, 2.75) is 6.42 Å². The van der Waals surface area contributed by atoms with Gasteiger partial charge in [0.2, 0.25) is 0 Å². The molecule has 56 valence electrons. The minimum atomic E-state index is 0.197. The molecule has 2 rings (SSSR count). The predicted molar refractivity (Wildman–Crippen MR) is 42.7 cm³/mol. The van der Waals surface area contributed by atoms with Crippen LogP contribution in [0.15, 0.2) is 36.2 Å². The first-order valence-electron chi connectivity index (χ1n) is 3.69. The number of allylic oxidation sites excluding steroid dienone is 4. The maximum Gasteiger partial charge on any atom is 0.163 e. The highest BCUT2D eigenvalue weighted by Gasteiger charge is 2.14. The second-order valence-electron chi connectivity index (χ2n) is 2.70. The SMILES string of the molecule is O=C1C=CN2CC=CC=C2C1. The van der Waals surface area contributed by atoms with Crippen molar-refractivity contribution in [2.75, 3.05) is 6.54 Å². The van der Waals surface area contributed by atoms with E-state index in [1.165, 1.54) is 0 Å². The molecular formula is C9H9NO. The number of ketones is 1. The molecular weight excluding hydrogens is 138 g/mol. The Morgan fingerprint density at radius 2 is 2.36 bits per heavy atom. The van der Waals surface area contributed by atoms with Crippen LogP contribution in [0, 0.1) is 0 Å². The summed E-state index contributed by atoms with van der Waals surface area (Å²) in [5.74, 6) is 0.197. The Labute approximate surface area is 65.5 Å². The second kappa shape index (κ2) is 2.38. The molecule has 0 bridgehead atoms. The molecule has 0 fully saturated rings. The zero-order chi connectivity index (χ0) is 7.68. The number of nitrogens with zero attached hydrogens (tertiary/aromatic N) is 1. The highest BCUT2D eigenvalue weighted by molar-refractivity contribution is 5.92. The van der Waals surface area contributed by atoms with Crippen molar-refractivity contribution in [3.05, 3.63) is 36.2 Å². The van der Waals surface area contributed by atoms with Crippen LogP contribution in [0.4, 0.5) is 0 Å². The van der Waals surface area contributed by atoms with Crippen LogP contribution in [0.1, 0.15) is 6.42 Å². The zero-order valence-corrected chi connectivity index (χ0v) is 6.16. The van der Waals surface area contributed by atoms with Gasteiger partial charge in [-0.2, -0.15) is 0 Å². The predicted octanol–water partition coefficient (Wildman–Crippen LogP) is 1.23. The van der Waals surface area contributed by atoms with E-state index in [1.807, 2.05) is 18.4 Å². The van der Waals surface area contributed by atoms with Gasteiger partial charge in [0.1, 0.15) is 0 Å². The third kappa shape index (κ3) is 1.11. The Hall–Kier alpha value is -1.31. The largest absolute Gasteiger partial charge is 0.347 e. The van der Waals surface area contributed by atoms with Gasteiger partial charge in [0, 0.05) is 18.4 Å². The molecule has 0 unspecified atom stereocenters. The lowest BCUT2D eigenvalue weighted by Crippen LogP contribution is -2.24. The highest BCUT2D eigenvalue weighted by atomic mass is 16.1. The van der Waals surface area contributed by atoms with E-state index in [9.17, 15) is 4.79 Å². The van der Waals surface area contributed by atoms with Crippen molar-refractivity contribution in [3.8, 4) is 0 Å². The summed E-state index contributed by atoms with van der Waals surface area (Å²) in [5.41, 5.74) is 1.11. The van der Waals surface area contributed by atoms with E-state index in [4.69, 9.17) is 0 Å². The third-order valence-electron chi connectivity index (χ3n) is 1.89. The number of rotatable bonds is 0. The first-order chi connectivity index (χ1) is 5.36. The average Bonchev–Trinajstić information content (AvgIpc) is 2.04. The lowest BCUT2D eigenvalue weighted by atomic mass is 10.1. The van der Waals surface area contributed by atoms with E-state index in [-0.39, 0.29) is 5.78 Å². The van der Waals surface area contributed by atoms with Crippen molar-refractivity contribution >= 4 is 5.78 Å². The Kier molecular flexibility index (Phi) is 1.39. The Balaban J connectivity index is 2.31. The van der Waals surface area contributed by atoms with Crippen molar-refractivity contribution in [1.29, 1.82) is 0 Å². The molecule has 2 heteroatoms. The minimum absolute atomic E-state index is 0.197. The average molecular weight is 147 g/mol. The van der Waals surface area contributed by atoms with Crippen LogP contribution in [-0.4, -0.2) is 17.2 Å². The molecule has 0 aromatic rings. The number of carbonyl (C=O) groups excluding carboxylic acids is 1. The number of hydrogen-bond donors (Lipinski definition) is 0. The van der Waals surface area contributed by atoms with Crippen molar-refractivity contribution in [3.63, 3.8) is 0 Å². The van der Waals surface area contributed by atoms with Gasteiger partial charge >= 0.3 is 0 Å². The monoisotopic (exact) mass is 147 g/mol. The fourth-order valence-electron chi connectivity index (χ4n) is 1.29. The molecule has 2 aliphatic rings. The van der Waals surface area contributed by atoms with Crippen LogP contribution in [0.2, 0.25) is 0 Å². The molecule has 0 aromatic heterocycles. The summed E-state index contributed by atoms with van der Waals surface area (Å²) in [6.45, 7) is 0.898. The summed E-state index contributed by atoms with van der Waals surface area (Å²) < 4.78 is 0. The molecule has 0 amide bonds. The van der Waals surface area contributed by atoms with Gasteiger partial charge < -0.3 is 4.90 Å². The van der Waals surface area contributed by atoms with Crippen LogP contribution < -0.4 is 0 Å². The topological polar surface area (TPSA) is 20.3 Å². The summed E-state index contributed by atoms with van der Waals surface area (Å²) in [4.78, 5) is 13.0. The zero-order valence-electron chi connectivity index (χ0n) is 6.16.